The monoisotopic (exact) mass is 591 g/mol. The van der Waals surface area contributed by atoms with Crippen molar-refractivity contribution < 1.29 is 38.2 Å². The Balaban J connectivity index is 1.76. The third-order valence-corrected chi connectivity index (χ3v) is 7.26. The Bertz CT molecular complexity index is 1220. The summed E-state index contributed by atoms with van der Waals surface area (Å²) in [7, 11) is -3.11. The summed E-state index contributed by atoms with van der Waals surface area (Å²) in [5.74, 6) is -1.11. The first-order chi connectivity index (χ1) is 19.6. The molecular weight excluding hydrogens is 553 g/mol. The molecule has 1 fully saturated rings. The van der Waals surface area contributed by atoms with E-state index in [1.54, 1.807) is 19.2 Å². The maximum atomic E-state index is 13.3. The van der Waals surface area contributed by atoms with Crippen LogP contribution in [0.1, 0.15) is 42.4 Å². The van der Waals surface area contributed by atoms with Crippen molar-refractivity contribution in [1.82, 2.24) is 25.1 Å². The minimum absolute atomic E-state index is 0.0329. The molecule has 0 radical (unpaired) electrons. The summed E-state index contributed by atoms with van der Waals surface area (Å²) in [6, 6.07) is 9.07. The molecule has 2 heterocycles. The first kappa shape index (κ1) is 32.1. The molecule has 0 unspecified atom stereocenters. The number of benzene rings is 1. The van der Waals surface area contributed by atoms with Crippen molar-refractivity contribution in [2.75, 3.05) is 52.7 Å². The lowest BCUT2D eigenvalue weighted by molar-refractivity contribution is -0.134. The number of piperazine rings is 1. The molecule has 1 saturated heterocycles. The highest BCUT2D eigenvalue weighted by atomic mass is 31.2. The van der Waals surface area contributed by atoms with Crippen molar-refractivity contribution in [2.45, 2.75) is 38.6 Å². The van der Waals surface area contributed by atoms with Crippen LogP contribution in [0.5, 0.6) is 0 Å². The number of aromatic nitrogens is 2. The SMILES string of the molecule is CCCCOC(=O)N1CCN(C(=O)[C@H](CP(=O)(O)O)NC(=O)c2cc(CCCOC)nc(-c3ccccc3)n2)CC1. The van der Waals surface area contributed by atoms with E-state index >= 15 is 0 Å². The first-order valence-electron chi connectivity index (χ1n) is 13.6. The van der Waals surface area contributed by atoms with Crippen LogP contribution in [0, 0.1) is 0 Å². The normalized spacial score (nSPS) is 14.4. The molecule has 3 rings (SSSR count). The molecule has 1 atom stereocenters. The number of rotatable bonds is 13. The number of amides is 3. The van der Waals surface area contributed by atoms with Crippen LogP contribution in [-0.2, 0) is 25.3 Å². The molecule has 1 aromatic carbocycles. The number of aryl methyl sites for hydroxylation is 1. The number of hydrogen-bond acceptors (Lipinski definition) is 8. The van der Waals surface area contributed by atoms with E-state index in [0.29, 0.717) is 43.1 Å². The Morgan fingerprint density at radius 1 is 1.02 bits per heavy atom. The fourth-order valence-corrected chi connectivity index (χ4v) is 4.96. The maximum Gasteiger partial charge on any atom is 0.409 e. The quantitative estimate of drug-likeness (QED) is 0.231. The average Bonchev–Trinajstić information content (AvgIpc) is 2.96. The first-order valence-corrected chi connectivity index (χ1v) is 15.4. The van der Waals surface area contributed by atoms with Crippen molar-refractivity contribution in [3.63, 3.8) is 0 Å². The molecule has 224 valence electrons. The minimum Gasteiger partial charge on any atom is -0.449 e. The Morgan fingerprint density at radius 2 is 1.71 bits per heavy atom. The zero-order valence-corrected chi connectivity index (χ0v) is 24.3. The van der Waals surface area contributed by atoms with Crippen LogP contribution in [-0.4, -0.2) is 106 Å². The number of nitrogens with one attached hydrogen (secondary N) is 1. The third kappa shape index (κ3) is 10.2. The largest absolute Gasteiger partial charge is 0.449 e. The van der Waals surface area contributed by atoms with Gasteiger partial charge in [0.15, 0.2) is 5.82 Å². The molecule has 0 aliphatic carbocycles. The van der Waals surface area contributed by atoms with Gasteiger partial charge in [-0.05, 0) is 25.3 Å². The summed E-state index contributed by atoms with van der Waals surface area (Å²) >= 11 is 0. The van der Waals surface area contributed by atoms with Crippen molar-refractivity contribution in [2.24, 2.45) is 0 Å². The second-order valence-corrected chi connectivity index (χ2v) is 11.4. The van der Waals surface area contributed by atoms with E-state index in [9.17, 15) is 28.7 Å². The van der Waals surface area contributed by atoms with Gasteiger partial charge in [-0.15, -0.1) is 0 Å². The second kappa shape index (κ2) is 15.6. The zero-order chi connectivity index (χ0) is 29.8. The van der Waals surface area contributed by atoms with Gasteiger partial charge in [-0.25, -0.2) is 14.8 Å². The number of hydrogen-bond donors (Lipinski definition) is 3. The van der Waals surface area contributed by atoms with Crippen LogP contribution in [0.3, 0.4) is 0 Å². The van der Waals surface area contributed by atoms with Crippen molar-refractivity contribution >= 4 is 25.5 Å². The lowest BCUT2D eigenvalue weighted by Gasteiger charge is -2.36. The summed E-state index contributed by atoms with van der Waals surface area (Å²) < 4.78 is 22.3. The molecule has 0 saturated carbocycles. The molecule has 14 heteroatoms. The van der Waals surface area contributed by atoms with E-state index in [2.05, 4.69) is 15.3 Å². The van der Waals surface area contributed by atoms with E-state index < -0.39 is 37.7 Å². The lowest BCUT2D eigenvalue weighted by Crippen LogP contribution is -2.56. The van der Waals surface area contributed by atoms with E-state index in [1.807, 2.05) is 25.1 Å². The highest BCUT2D eigenvalue weighted by Gasteiger charge is 2.35. The number of unbranched alkanes of at least 4 members (excludes halogenated alkanes) is 1. The molecule has 13 nitrogen and oxygen atoms in total. The predicted octanol–water partition coefficient (Wildman–Crippen LogP) is 2.08. The van der Waals surface area contributed by atoms with E-state index in [-0.39, 0.29) is 31.9 Å². The summed E-state index contributed by atoms with van der Waals surface area (Å²) in [6.07, 6.45) is 1.45. The topological polar surface area (TPSA) is 171 Å². The van der Waals surface area contributed by atoms with Crippen molar-refractivity contribution in [1.29, 1.82) is 0 Å². The van der Waals surface area contributed by atoms with E-state index in [1.165, 1.54) is 15.9 Å². The number of methoxy groups -OCH3 is 1. The minimum atomic E-state index is -4.70. The molecule has 1 aliphatic heterocycles. The van der Waals surface area contributed by atoms with Crippen LogP contribution in [0.25, 0.3) is 11.4 Å². The second-order valence-electron chi connectivity index (χ2n) is 9.68. The Labute approximate surface area is 239 Å². The fourth-order valence-electron chi connectivity index (χ4n) is 4.24. The smallest absolute Gasteiger partial charge is 0.409 e. The van der Waals surface area contributed by atoms with Gasteiger partial charge in [0.25, 0.3) is 5.91 Å². The van der Waals surface area contributed by atoms with Gasteiger partial charge in [0.05, 0.1) is 12.8 Å². The van der Waals surface area contributed by atoms with Crippen LogP contribution in [0.15, 0.2) is 36.4 Å². The third-order valence-electron chi connectivity index (χ3n) is 6.42. The van der Waals surface area contributed by atoms with Gasteiger partial charge in [-0.2, -0.15) is 0 Å². The Morgan fingerprint density at radius 3 is 2.34 bits per heavy atom. The Hall–Kier alpha value is -3.38. The van der Waals surface area contributed by atoms with Crippen LogP contribution >= 0.6 is 7.60 Å². The molecule has 3 N–H and O–H groups in total. The number of nitrogens with zero attached hydrogens (tertiary/aromatic N) is 4. The van der Waals surface area contributed by atoms with Crippen LogP contribution < -0.4 is 5.32 Å². The van der Waals surface area contributed by atoms with Gasteiger partial charge in [0, 0.05) is 51.2 Å². The van der Waals surface area contributed by atoms with Gasteiger partial charge >= 0.3 is 13.7 Å². The molecule has 0 spiro atoms. The molecule has 1 aromatic heterocycles. The molecule has 3 amide bonds. The molecule has 41 heavy (non-hydrogen) atoms. The van der Waals surface area contributed by atoms with Gasteiger partial charge in [-0.1, -0.05) is 43.7 Å². The van der Waals surface area contributed by atoms with E-state index in [4.69, 9.17) is 9.47 Å². The molecule has 2 aromatic rings. The van der Waals surface area contributed by atoms with Gasteiger partial charge in [0.2, 0.25) is 5.91 Å². The standard InChI is InChI=1S/C27H38N5O8P/c1-3-4-17-40-27(35)32-14-12-31(13-15-32)26(34)23(19-41(36,37)38)30-25(33)22-18-21(11-8-16-39-2)28-24(29-22)20-9-6-5-7-10-20/h5-7,9-10,18,23H,3-4,8,11-17,19H2,1-2H3,(H,30,33)(H2,36,37,38)/t23-/m0/s1. The fraction of sp³-hybridized carbons (Fsp3) is 0.519. The summed E-state index contributed by atoms with van der Waals surface area (Å²) in [6.45, 7) is 3.45. The van der Waals surface area contributed by atoms with Gasteiger partial charge in [0.1, 0.15) is 11.7 Å². The summed E-state index contributed by atoms with van der Waals surface area (Å²) in [5.41, 5.74) is 1.24. The predicted molar refractivity (Wildman–Crippen MR) is 150 cm³/mol. The zero-order valence-electron chi connectivity index (χ0n) is 23.4. The highest BCUT2D eigenvalue weighted by Crippen LogP contribution is 2.35. The number of carbonyl (C=O) groups is 3. The lowest BCUT2D eigenvalue weighted by atomic mass is 10.1. The number of ether oxygens (including phenoxy) is 2. The van der Waals surface area contributed by atoms with Crippen LogP contribution in [0.4, 0.5) is 4.79 Å². The number of carbonyl (C=O) groups excluding carboxylic acids is 3. The van der Waals surface area contributed by atoms with Crippen molar-refractivity contribution in [3.8, 4) is 11.4 Å². The van der Waals surface area contributed by atoms with Crippen LogP contribution in [0.2, 0.25) is 0 Å². The molecule has 1 aliphatic rings. The average molecular weight is 592 g/mol. The summed E-state index contributed by atoms with van der Waals surface area (Å²) in [4.78, 5) is 70.1. The van der Waals surface area contributed by atoms with E-state index in [0.717, 1.165) is 12.8 Å². The highest BCUT2D eigenvalue weighted by molar-refractivity contribution is 7.51. The maximum absolute atomic E-state index is 13.3. The van der Waals surface area contributed by atoms with Gasteiger partial charge in [-0.3, -0.25) is 14.2 Å². The van der Waals surface area contributed by atoms with Gasteiger partial charge < -0.3 is 34.4 Å². The molecule has 0 bridgehead atoms. The summed E-state index contributed by atoms with van der Waals surface area (Å²) in [5, 5.41) is 2.49. The Kier molecular flexibility index (Phi) is 12.2. The molecular formula is C27H38N5O8P. The van der Waals surface area contributed by atoms with Crippen molar-refractivity contribution in [3.05, 3.63) is 47.8 Å².